The van der Waals surface area contributed by atoms with Crippen LogP contribution in [0.25, 0.3) is 23.6 Å². The van der Waals surface area contributed by atoms with Crippen LogP contribution in [-0.4, -0.2) is 25.0 Å². The molecular formula is C24H18F5N5O3S. The maximum Gasteiger partial charge on any atom is 0.310 e. The molecule has 5 rings (SSSR count). The second kappa shape index (κ2) is 8.83. The number of oxazole rings is 2. The fraction of sp³-hybridized carbons (Fsp3) is 0.0833. The molecule has 14 heteroatoms. The summed E-state index contributed by atoms with van der Waals surface area (Å²) in [5.41, 5.74) is 2.19. The molecule has 0 atom stereocenters. The molecule has 8 nitrogen and oxygen atoms in total. The molecule has 0 saturated heterocycles. The number of hydrogen-bond donors (Lipinski definition) is 0. The predicted octanol–water partition coefficient (Wildman–Crippen LogP) is 7.38. The minimum absolute atomic E-state index is 0.0936. The van der Waals surface area contributed by atoms with Gasteiger partial charge in [-0.2, -0.15) is 0 Å². The van der Waals surface area contributed by atoms with Gasteiger partial charge in [-0.3, -0.25) is 0 Å². The number of aromatic nitrogens is 5. The first-order chi connectivity index (χ1) is 17.9. The molecule has 0 N–H and O–H groups in total. The van der Waals surface area contributed by atoms with Gasteiger partial charge in [0.05, 0.1) is 12.7 Å². The smallest absolute Gasteiger partial charge is 0.310 e. The van der Waals surface area contributed by atoms with Gasteiger partial charge in [0, 0.05) is 17.8 Å². The average molecular weight is 551 g/mol. The summed E-state index contributed by atoms with van der Waals surface area (Å²) in [5.74, 6) is 1.18. The topological polar surface area (TPSA) is 92.0 Å². The Morgan fingerprint density at radius 3 is 2.26 bits per heavy atom. The zero-order valence-corrected chi connectivity index (χ0v) is 20.1. The van der Waals surface area contributed by atoms with E-state index in [4.69, 9.17) is 13.6 Å². The molecule has 2 aromatic carbocycles. The monoisotopic (exact) mass is 551 g/mol. The number of nitrogens with zero attached hydrogens (tertiary/aromatic N) is 5. The van der Waals surface area contributed by atoms with Crippen LogP contribution in [0.5, 0.6) is 5.75 Å². The van der Waals surface area contributed by atoms with Crippen molar-refractivity contribution in [3.8, 4) is 17.2 Å². The van der Waals surface area contributed by atoms with Crippen LogP contribution in [0, 0.1) is 0 Å². The van der Waals surface area contributed by atoms with E-state index in [1.807, 2.05) is 0 Å². The number of rotatable bonds is 9. The van der Waals surface area contributed by atoms with Crippen molar-refractivity contribution in [3.63, 3.8) is 0 Å². The molecule has 5 aromatic rings. The van der Waals surface area contributed by atoms with Crippen LogP contribution in [0.15, 0.2) is 87.2 Å². The van der Waals surface area contributed by atoms with Gasteiger partial charge in [-0.05, 0) is 48.0 Å². The van der Waals surface area contributed by atoms with Gasteiger partial charge in [0.15, 0.2) is 0 Å². The lowest BCUT2D eigenvalue weighted by Gasteiger charge is -2.40. The highest BCUT2D eigenvalue weighted by Crippen LogP contribution is 3.02. The normalized spacial score (nSPS) is 13.9. The number of ether oxygens (including phenoxy) is 1. The molecule has 0 aliphatic carbocycles. The van der Waals surface area contributed by atoms with Gasteiger partial charge in [-0.15, -0.1) is 5.10 Å². The van der Waals surface area contributed by atoms with Crippen molar-refractivity contribution in [2.24, 2.45) is 0 Å². The van der Waals surface area contributed by atoms with Gasteiger partial charge >= 0.3 is 10.2 Å². The molecule has 0 fully saturated rings. The molecule has 38 heavy (non-hydrogen) atoms. The van der Waals surface area contributed by atoms with Crippen LogP contribution in [0.4, 0.5) is 19.4 Å². The Hall–Kier alpha value is -4.46. The van der Waals surface area contributed by atoms with Crippen LogP contribution in [0.2, 0.25) is 0 Å². The molecule has 0 spiro atoms. The average Bonchev–Trinajstić information content (AvgIpc) is 3.64. The largest absolute Gasteiger partial charge is 0.487 e. The van der Waals surface area contributed by atoms with Crippen LogP contribution in [0.1, 0.15) is 22.8 Å². The molecular weight excluding hydrogens is 533 g/mol. The standard InChI is InChI=1S/C24H18F5N5O3S/c25-38(26,27,28,29)22-8-1-17(2-9-22)3-10-23-31-20(16-36-23)15-35-21-6-4-18(5-7-21)24-32-19(14-37-24)13-34-12-11-30-33-34/h1-12,14,16H,13,15H2/b10-3+. The van der Waals surface area contributed by atoms with Crippen molar-refractivity contribution >= 4 is 22.4 Å². The molecule has 0 aliphatic heterocycles. The van der Waals surface area contributed by atoms with Crippen molar-refractivity contribution in [2.45, 2.75) is 18.0 Å². The highest BCUT2D eigenvalue weighted by molar-refractivity contribution is 8.45. The summed E-state index contributed by atoms with van der Waals surface area (Å²) in [6.45, 7) is 0.528. The first kappa shape index (κ1) is 25.2. The van der Waals surface area contributed by atoms with E-state index >= 15 is 0 Å². The Morgan fingerprint density at radius 1 is 0.842 bits per heavy atom. The fourth-order valence-corrected chi connectivity index (χ4v) is 3.97. The zero-order valence-electron chi connectivity index (χ0n) is 19.3. The van der Waals surface area contributed by atoms with Gasteiger partial charge in [-0.25, -0.2) is 14.6 Å². The van der Waals surface area contributed by atoms with E-state index in [1.165, 1.54) is 18.4 Å². The van der Waals surface area contributed by atoms with Gasteiger partial charge in [-0.1, -0.05) is 36.8 Å². The quantitative estimate of drug-likeness (QED) is 0.177. The van der Waals surface area contributed by atoms with E-state index in [0.717, 1.165) is 17.7 Å². The van der Waals surface area contributed by atoms with Crippen LogP contribution in [-0.2, 0) is 13.2 Å². The third-order valence-electron chi connectivity index (χ3n) is 5.15. The van der Waals surface area contributed by atoms with Crippen molar-refractivity contribution < 1.29 is 33.0 Å². The van der Waals surface area contributed by atoms with E-state index < -0.39 is 15.1 Å². The van der Waals surface area contributed by atoms with Gasteiger partial charge in [0.25, 0.3) is 0 Å². The van der Waals surface area contributed by atoms with Crippen LogP contribution >= 0.6 is 10.2 Å². The highest BCUT2D eigenvalue weighted by Gasteiger charge is 2.65. The van der Waals surface area contributed by atoms with Gasteiger partial charge in [0.1, 0.15) is 41.2 Å². The third-order valence-corrected chi connectivity index (χ3v) is 6.31. The lowest BCUT2D eigenvalue weighted by molar-refractivity contribution is 0.301. The van der Waals surface area contributed by atoms with E-state index in [-0.39, 0.29) is 18.1 Å². The summed E-state index contributed by atoms with van der Waals surface area (Å²) < 4.78 is 82.3. The molecule has 0 amide bonds. The third kappa shape index (κ3) is 6.26. The molecule has 0 aliphatic rings. The summed E-state index contributed by atoms with van der Waals surface area (Å²) in [6, 6.07) is 9.65. The van der Waals surface area contributed by atoms with Crippen molar-refractivity contribution in [1.29, 1.82) is 0 Å². The maximum atomic E-state index is 12.8. The number of halogens is 5. The number of benzene rings is 2. The van der Waals surface area contributed by atoms with E-state index in [0.29, 0.717) is 41.7 Å². The Bertz CT molecular complexity index is 1560. The van der Waals surface area contributed by atoms with Crippen LogP contribution in [0.3, 0.4) is 0 Å². The molecule has 0 saturated carbocycles. The van der Waals surface area contributed by atoms with E-state index in [2.05, 4.69) is 20.3 Å². The van der Waals surface area contributed by atoms with Crippen molar-refractivity contribution in [2.75, 3.05) is 0 Å². The fourth-order valence-electron chi connectivity index (χ4n) is 3.32. The second-order valence-electron chi connectivity index (χ2n) is 8.11. The number of hydrogen-bond acceptors (Lipinski definition) is 7. The minimum Gasteiger partial charge on any atom is -0.487 e. The lowest BCUT2D eigenvalue weighted by atomic mass is 10.2. The molecule has 0 radical (unpaired) electrons. The molecule has 0 unspecified atom stereocenters. The first-order valence-corrected chi connectivity index (χ1v) is 12.8. The van der Waals surface area contributed by atoms with E-state index in [1.54, 1.807) is 47.6 Å². The summed E-state index contributed by atoms with van der Waals surface area (Å²) in [4.78, 5) is 6.70. The molecule has 3 aromatic heterocycles. The highest BCUT2D eigenvalue weighted by atomic mass is 32.5. The second-order valence-corrected chi connectivity index (χ2v) is 10.5. The minimum atomic E-state index is -9.70. The summed E-state index contributed by atoms with van der Waals surface area (Å²) in [5, 5.41) is 7.63. The summed E-state index contributed by atoms with van der Waals surface area (Å²) in [7, 11) is -9.70. The Labute approximate surface area is 212 Å². The molecule has 3 heterocycles. The first-order valence-electron chi connectivity index (χ1n) is 10.9. The van der Waals surface area contributed by atoms with E-state index in [9.17, 15) is 19.4 Å². The van der Waals surface area contributed by atoms with Gasteiger partial charge < -0.3 is 13.6 Å². The summed E-state index contributed by atoms with van der Waals surface area (Å²) >= 11 is 0. The molecule has 198 valence electrons. The summed E-state index contributed by atoms with van der Waals surface area (Å²) in [6.07, 6.45) is 9.02. The lowest BCUT2D eigenvalue weighted by Crippen LogP contribution is -2.05. The maximum absolute atomic E-state index is 12.8. The Kier molecular flexibility index (Phi) is 5.86. The molecule has 0 bridgehead atoms. The zero-order chi connectivity index (χ0) is 26.9. The SMILES string of the molecule is FS(F)(F)(F)(F)c1ccc(/C=C/c2nc(COc3ccc(-c4nc(Cn5ccnn5)co4)cc3)co2)cc1. The predicted molar refractivity (Wildman–Crippen MR) is 129 cm³/mol. The van der Waals surface area contributed by atoms with Crippen molar-refractivity contribution in [3.05, 3.63) is 96.3 Å². The van der Waals surface area contributed by atoms with Gasteiger partial charge in [0.2, 0.25) is 11.8 Å². The van der Waals surface area contributed by atoms with Crippen molar-refractivity contribution in [1.82, 2.24) is 25.0 Å². The Balaban J connectivity index is 1.15. The van der Waals surface area contributed by atoms with Crippen LogP contribution < -0.4 is 4.74 Å². The Morgan fingerprint density at radius 2 is 1.58 bits per heavy atom.